The van der Waals surface area contributed by atoms with E-state index in [1.807, 2.05) is 20.8 Å². The summed E-state index contributed by atoms with van der Waals surface area (Å²) < 4.78 is 54.9. The maximum Gasteiger partial charge on any atom is 0.404 e. The molecule has 40 heavy (non-hydrogen) atoms. The number of urea groups is 1. The normalized spacial score (nSPS) is 18.0. The number of primary amides is 1. The number of aryl methyl sites for hydroxylation is 1. The molecule has 0 fully saturated rings. The molecule has 216 valence electrons. The van der Waals surface area contributed by atoms with E-state index in [1.54, 1.807) is 6.92 Å². The lowest BCUT2D eigenvalue weighted by molar-refractivity contribution is -0.181. The van der Waals surface area contributed by atoms with Crippen molar-refractivity contribution in [2.75, 3.05) is 23.4 Å². The van der Waals surface area contributed by atoms with Crippen LogP contribution < -0.4 is 20.7 Å². The van der Waals surface area contributed by atoms with Crippen molar-refractivity contribution in [1.29, 1.82) is 0 Å². The third-order valence-corrected chi connectivity index (χ3v) is 6.50. The smallest absolute Gasteiger partial charge is 0.404 e. The van der Waals surface area contributed by atoms with Crippen LogP contribution in [-0.2, 0) is 10.2 Å². The van der Waals surface area contributed by atoms with Crippen LogP contribution in [0.15, 0.2) is 24.4 Å². The van der Waals surface area contributed by atoms with Gasteiger partial charge in [0.2, 0.25) is 5.88 Å². The maximum absolute atomic E-state index is 14.3. The van der Waals surface area contributed by atoms with Gasteiger partial charge in [0.1, 0.15) is 18.1 Å². The van der Waals surface area contributed by atoms with Gasteiger partial charge in [0.15, 0.2) is 10.8 Å². The van der Waals surface area contributed by atoms with Crippen molar-refractivity contribution in [1.82, 2.24) is 19.6 Å². The molecule has 3 aromatic heterocycles. The van der Waals surface area contributed by atoms with Gasteiger partial charge in [-0.1, -0.05) is 32.4 Å². The average Bonchev–Trinajstić information content (AvgIpc) is 3.32. The zero-order valence-electron chi connectivity index (χ0n) is 22.5. The van der Waals surface area contributed by atoms with Gasteiger partial charge >= 0.3 is 18.3 Å². The number of anilines is 2. The fourth-order valence-electron chi connectivity index (χ4n) is 4.63. The fraction of sp³-hybridized carbons (Fsp3) is 0.480. The first kappa shape index (κ1) is 29.2. The van der Waals surface area contributed by atoms with Gasteiger partial charge in [-0.25, -0.2) is 24.1 Å². The second kappa shape index (κ2) is 10.3. The highest BCUT2D eigenvalue weighted by molar-refractivity contribution is 6.29. The molecule has 3 aromatic rings. The van der Waals surface area contributed by atoms with Crippen molar-refractivity contribution in [2.45, 2.75) is 58.7 Å². The van der Waals surface area contributed by atoms with Gasteiger partial charge in [0.25, 0.3) is 0 Å². The number of fused-ring (bicyclic) bond motifs is 3. The van der Waals surface area contributed by atoms with Crippen LogP contribution in [0.1, 0.15) is 45.5 Å². The number of rotatable bonds is 6. The zero-order chi connectivity index (χ0) is 29.6. The van der Waals surface area contributed by atoms with E-state index in [9.17, 15) is 22.8 Å². The maximum atomic E-state index is 14.3. The molecule has 0 aromatic carbocycles. The minimum atomic E-state index is -4.71. The predicted molar refractivity (Wildman–Crippen MR) is 141 cm³/mol. The van der Waals surface area contributed by atoms with E-state index in [0.29, 0.717) is 12.1 Å². The summed E-state index contributed by atoms with van der Waals surface area (Å²) in [5, 5.41) is 6.56. The van der Waals surface area contributed by atoms with E-state index in [1.165, 1.54) is 24.4 Å². The van der Waals surface area contributed by atoms with Crippen LogP contribution in [0.3, 0.4) is 0 Å². The van der Waals surface area contributed by atoms with E-state index in [2.05, 4.69) is 20.4 Å². The largest absolute Gasteiger partial charge is 0.474 e. The van der Waals surface area contributed by atoms with Crippen LogP contribution in [0.5, 0.6) is 5.88 Å². The number of amides is 3. The molecule has 0 bridgehead atoms. The van der Waals surface area contributed by atoms with Crippen molar-refractivity contribution >= 4 is 40.7 Å². The molecule has 0 aliphatic carbocycles. The SMILES string of the molecule is Cc1cc(NC(=O)N2C[C@@](C)(C(F)(F)F)c3c2cnc2cc(Cl)nn32)cc(OC[C@H](CC(C)(C)C)OC(N)=O)n1. The number of alkyl halides is 3. The first-order valence-corrected chi connectivity index (χ1v) is 12.6. The monoisotopic (exact) mass is 583 g/mol. The van der Waals surface area contributed by atoms with Crippen LogP contribution in [0, 0.1) is 12.3 Å². The lowest BCUT2D eigenvalue weighted by Gasteiger charge is -2.28. The number of nitrogens with zero attached hydrogens (tertiary/aromatic N) is 5. The Hall–Kier alpha value is -3.81. The molecule has 3 amide bonds. The molecular formula is C25H29ClF3N7O4. The third-order valence-electron chi connectivity index (χ3n) is 6.31. The summed E-state index contributed by atoms with van der Waals surface area (Å²) in [5.41, 5.74) is 3.06. The van der Waals surface area contributed by atoms with Crippen LogP contribution >= 0.6 is 11.6 Å². The van der Waals surface area contributed by atoms with E-state index in [-0.39, 0.29) is 45.8 Å². The lowest BCUT2D eigenvalue weighted by atomic mass is 9.88. The number of aromatic nitrogens is 4. The van der Waals surface area contributed by atoms with Gasteiger partial charge in [-0.05, 0) is 31.7 Å². The Morgan fingerprint density at radius 1 is 1.25 bits per heavy atom. The van der Waals surface area contributed by atoms with Crippen molar-refractivity contribution in [3.63, 3.8) is 0 Å². The van der Waals surface area contributed by atoms with Gasteiger partial charge in [-0.3, -0.25) is 4.90 Å². The second-order valence-corrected chi connectivity index (χ2v) is 11.4. The van der Waals surface area contributed by atoms with Crippen molar-refractivity contribution in [3.8, 4) is 5.88 Å². The third kappa shape index (κ3) is 6.01. The summed E-state index contributed by atoms with van der Waals surface area (Å²) in [6, 6.07) is 3.46. The molecule has 4 rings (SSSR count). The standard InChI is InChI=1S/C25H29ClF3N7O4/c1-13-6-14(7-19(32-13)39-11-15(40-21(30)37)9-23(2,3)4)33-22(38)35-12-24(5,25(27,28)29)20-16(35)10-31-18-8-17(26)34-36(18)20/h6-8,10,15H,9,11-12H2,1-5H3,(H2,30,37)(H,32,33,38)/t15-,24+/m0/s1. The Kier molecular flexibility index (Phi) is 7.52. The summed E-state index contributed by atoms with van der Waals surface area (Å²) in [4.78, 5) is 34.0. The predicted octanol–water partition coefficient (Wildman–Crippen LogP) is 5.24. The molecule has 2 atom stereocenters. The minimum Gasteiger partial charge on any atom is -0.474 e. The number of carbonyl (C=O) groups excluding carboxylic acids is 2. The molecule has 0 saturated carbocycles. The van der Waals surface area contributed by atoms with Gasteiger partial charge in [-0.15, -0.1) is 0 Å². The minimum absolute atomic E-state index is 0.0286. The second-order valence-electron chi connectivity index (χ2n) is 11.0. The molecule has 1 aliphatic heterocycles. The van der Waals surface area contributed by atoms with E-state index in [4.69, 9.17) is 26.8 Å². The molecule has 15 heteroatoms. The van der Waals surface area contributed by atoms with Crippen molar-refractivity contribution in [2.24, 2.45) is 11.1 Å². The summed E-state index contributed by atoms with van der Waals surface area (Å²) in [7, 11) is 0. The molecule has 0 saturated heterocycles. The highest BCUT2D eigenvalue weighted by Crippen LogP contribution is 2.50. The van der Waals surface area contributed by atoms with Gasteiger partial charge in [-0.2, -0.15) is 18.3 Å². The number of halogens is 4. The van der Waals surface area contributed by atoms with E-state index >= 15 is 0 Å². The van der Waals surface area contributed by atoms with Gasteiger partial charge < -0.3 is 20.5 Å². The molecule has 1 aliphatic rings. The highest BCUT2D eigenvalue weighted by Gasteiger charge is 2.60. The molecule has 3 N–H and O–H groups in total. The Balaban J connectivity index is 1.58. The molecule has 4 heterocycles. The summed E-state index contributed by atoms with van der Waals surface area (Å²) in [6.07, 6.45) is -4.66. The van der Waals surface area contributed by atoms with Crippen LogP contribution in [0.25, 0.3) is 5.65 Å². The number of carbonyl (C=O) groups is 2. The summed E-state index contributed by atoms with van der Waals surface area (Å²) >= 11 is 5.93. The van der Waals surface area contributed by atoms with Gasteiger partial charge in [0.05, 0.1) is 17.6 Å². The number of hydrogen-bond donors (Lipinski definition) is 2. The molecule has 11 nitrogen and oxygen atoms in total. The number of hydrogen-bond acceptors (Lipinski definition) is 7. The van der Waals surface area contributed by atoms with Gasteiger partial charge in [0, 0.05) is 30.1 Å². The van der Waals surface area contributed by atoms with E-state index in [0.717, 1.165) is 16.3 Å². The number of nitrogens with one attached hydrogen (secondary N) is 1. The quantitative estimate of drug-likeness (QED) is 0.405. The Morgan fingerprint density at radius 3 is 2.58 bits per heavy atom. The Morgan fingerprint density at radius 2 is 1.95 bits per heavy atom. The Bertz CT molecular complexity index is 1460. The highest BCUT2D eigenvalue weighted by atomic mass is 35.5. The van der Waals surface area contributed by atoms with Crippen molar-refractivity contribution in [3.05, 3.63) is 40.9 Å². The molecular weight excluding hydrogens is 555 g/mol. The number of pyridine rings is 1. The summed E-state index contributed by atoms with van der Waals surface area (Å²) in [6.45, 7) is 7.78. The van der Waals surface area contributed by atoms with Crippen LogP contribution in [-0.4, -0.2) is 57.1 Å². The van der Waals surface area contributed by atoms with Crippen LogP contribution in [0.2, 0.25) is 5.15 Å². The summed E-state index contributed by atoms with van der Waals surface area (Å²) in [5.74, 6) is 0.110. The molecule has 0 spiro atoms. The zero-order valence-corrected chi connectivity index (χ0v) is 23.2. The Labute approximate surface area is 232 Å². The average molecular weight is 584 g/mol. The van der Waals surface area contributed by atoms with Crippen molar-refractivity contribution < 1.29 is 32.2 Å². The van der Waals surface area contributed by atoms with E-state index < -0.39 is 36.4 Å². The molecule has 0 radical (unpaired) electrons. The fourth-order valence-corrected chi connectivity index (χ4v) is 4.80. The van der Waals surface area contributed by atoms with Crippen LogP contribution in [0.4, 0.5) is 34.1 Å². The molecule has 0 unspecified atom stereocenters. The first-order chi connectivity index (χ1) is 18.5. The first-order valence-electron chi connectivity index (χ1n) is 12.2. The lowest BCUT2D eigenvalue weighted by Crippen LogP contribution is -2.46. The topological polar surface area (TPSA) is 137 Å². The number of nitrogens with two attached hydrogens (primary N) is 1. The number of ether oxygens (including phenoxy) is 2.